The Morgan fingerprint density at radius 3 is 2.45 bits per heavy atom. The third-order valence-corrected chi connectivity index (χ3v) is 5.78. The van der Waals surface area contributed by atoms with Gasteiger partial charge in [0.25, 0.3) is 0 Å². The molecule has 3 amide bonds. The predicted molar refractivity (Wildman–Crippen MR) is 101 cm³/mol. The van der Waals surface area contributed by atoms with Crippen molar-refractivity contribution in [1.82, 2.24) is 10.2 Å². The first kappa shape index (κ1) is 19.3. The number of nitrogens with zero attached hydrogens (tertiary/aromatic N) is 1. The van der Waals surface area contributed by atoms with Gasteiger partial charge in [0.05, 0.1) is 11.0 Å². The van der Waals surface area contributed by atoms with Crippen LogP contribution in [0.3, 0.4) is 0 Å². The highest BCUT2D eigenvalue weighted by molar-refractivity contribution is 6.06. The SMILES string of the molecule is O=C(NCc1ccccc1C(F)(F)F)N1CCC2(CC1)C(=O)Nc1ccccc12. The summed E-state index contributed by atoms with van der Waals surface area (Å²) < 4.78 is 39.3. The number of fused-ring (bicyclic) bond motifs is 2. The van der Waals surface area contributed by atoms with E-state index in [2.05, 4.69) is 10.6 Å². The van der Waals surface area contributed by atoms with E-state index in [0.29, 0.717) is 25.9 Å². The molecule has 2 N–H and O–H groups in total. The van der Waals surface area contributed by atoms with Crippen LogP contribution in [0.15, 0.2) is 48.5 Å². The van der Waals surface area contributed by atoms with Crippen LogP contribution >= 0.6 is 0 Å². The van der Waals surface area contributed by atoms with E-state index in [1.165, 1.54) is 18.2 Å². The predicted octanol–water partition coefficient (Wildman–Crippen LogP) is 3.90. The standard InChI is InChI=1S/C21H20F3N3O2/c22-21(23,24)15-6-2-1-5-14(15)13-25-19(29)27-11-9-20(10-12-27)16-7-3-4-8-17(16)26-18(20)28/h1-8H,9-13H2,(H,25,29)(H,26,28). The summed E-state index contributed by atoms with van der Waals surface area (Å²) in [6, 6.07) is 12.3. The molecule has 5 nitrogen and oxygen atoms in total. The minimum Gasteiger partial charge on any atom is -0.334 e. The van der Waals surface area contributed by atoms with Gasteiger partial charge in [-0.2, -0.15) is 13.2 Å². The van der Waals surface area contributed by atoms with Crippen molar-refractivity contribution in [3.8, 4) is 0 Å². The quantitative estimate of drug-likeness (QED) is 0.799. The van der Waals surface area contributed by atoms with Crippen LogP contribution in [-0.4, -0.2) is 29.9 Å². The molecule has 0 aliphatic carbocycles. The molecular formula is C21H20F3N3O2. The number of alkyl halides is 3. The summed E-state index contributed by atoms with van der Waals surface area (Å²) in [5.41, 5.74) is 0.377. The van der Waals surface area contributed by atoms with Gasteiger partial charge in [-0.15, -0.1) is 0 Å². The number of para-hydroxylation sites is 1. The maximum absolute atomic E-state index is 13.1. The zero-order chi connectivity index (χ0) is 20.6. The summed E-state index contributed by atoms with van der Waals surface area (Å²) in [7, 11) is 0. The number of anilines is 1. The lowest BCUT2D eigenvalue weighted by Crippen LogP contribution is -2.50. The van der Waals surface area contributed by atoms with E-state index in [1.807, 2.05) is 24.3 Å². The number of urea groups is 1. The van der Waals surface area contributed by atoms with Gasteiger partial charge in [0, 0.05) is 25.3 Å². The minimum absolute atomic E-state index is 0.0194. The first-order valence-electron chi connectivity index (χ1n) is 9.40. The molecule has 0 radical (unpaired) electrons. The fraction of sp³-hybridized carbons (Fsp3) is 0.333. The smallest absolute Gasteiger partial charge is 0.334 e. The number of likely N-dealkylation sites (tertiary alicyclic amines) is 1. The highest BCUT2D eigenvalue weighted by Crippen LogP contribution is 2.44. The van der Waals surface area contributed by atoms with Gasteiger partial charge in [0.15, 0.2) is 0 Å². The van der Waals surface area contributed by atoms with Gasteiger partial charge in [-0.1, -0.05) is 36.4 Å². The van der Waals surface area contributed by atoms with E-state index in [1.54, 1.807) is 4.90 Å². The van der Waals surface area contributed by atoms with E-state index < -0.39 is 23.2 Å². The number of hydrogen-bond acceptors (Lipinski definition) is 2. The average Bonchev–Trinajstić information content (AvgIpc) is 2.98. The highest BCUT2D eigenvalue weighted by Gasteiger charge is 2.48. The number of nitrogens with one attached hydrogen (secondary N) is 2. The Kier molecular flexibility index (Phi) is 4.72. The Morgan fingerprint density at radius 2 is 1.72 bits per heavy atom. The zero-order valence-electron chi connectivity index (χ0n) is 15.6. The van der Waals surface area contributed by atoms with Crippen LogP contribution in [0.4, 0.5) is 23.7 Å². The molecule has 2 aliphatic rings. The fourth-order valence-corrected chi connectivity index (χ4v) is 4.20. The number of hydrogen-bond donors (Lipinski definition) is 2. The highest BCUT2D eigenvalue weighted by atomic mass is 19.4. The maximum atomic E-state index is 13.1. The van der Waals surface area contributed by atoms with Crippen molar-refractivity contribution in [2.75, 3.05) is 18.4 Å². The Balaban J connectivity index is 1.40. The van der Waals surface area contributed by atoms with Gasteiger partial charge in [-0.3, -0.25) is 4.79 Å². The molecule has 152 valence electrons. The van der Waals surface area contributed by atoms with Gasteiger partial charge >= 0.3 is 12.2 Å². The Morgan fingerprint density at radius 1 is 1.07 bits per heavy atom. The number of benzene rings is 2. The fourth-order valence-electron chi connectivity index (χ4n) is 4.20. The Hall–Kier alpha value is -3.03. The number of amides is 3. The van der Waals surface area contributed by atoms with Crippen molar-refractivity contribution in [2.45, 2.75) is 31.0 Å². The molecule has 0 saturated carbocycles. The van der Waals surface area contributed by atoms with E-state index in [9.17, 15) is 22.8 Å². The van der Waals surface area contributed by atoms with Crippen LogP contribution in [0.1, 0.15) is 29.5 Å². The minimum atomic E-state index is -4.47. The van der Waals surface area contributed by atoms with Crippen LogP contribution in [0.2, 0.25) is 0 Å². The third kappa shape index (κ3) is 3.43. The lowest BCUT2D eigenvalue weighted by atomic mass is 9.74. The van der Waals surface area contributed by atoms with Crippen molar-refractivity contribution in [3.63, 3.8) is 0 Å². The molecule has 0 unspecified atom stereocenters. The molecule has 0 atom stereocenters. The van der Waals surface area contributed by atoms with E-state index in [-0.39, 0.29) is 18.0 Å². The number of rotatable bonds is 2. The second-order valence-corrected chi connectivity index (χ2v) is 7.38. The molecule has 29 heavy (non-hydrogen) atoms. The molecule has 2 aromatic carbocycles. The molecule has 0 bridgehead atoms. The number of carbonyl (C=O) groups excluding carboxylic acids is 2. The molecule has 0 aromatic heterocycles. The van der Waals surface area contributed by atoms with Gasteiger partial charge in [0.1, 0.15) is 0 Å². The Bertz CT molecular complexity index is 950. The summed E-state index contributed by atoms with van der Waals surface area (Å²) in [5, 5.41) is 5.48. The molecular weight excluding hydrogens is 383 g/mol. The Labute approximate surface area is 165 Å². The molecule has 4 rings (SSSR count). The summed E-state index contributed by atoms with van der Waals surface area (Å²) in [4.78, 5) is 26.6. The van der Waals surface area contributed by atoms with Gasteiger partial charge in [-0.25, -0.2) is 4.79 Å². The summed E-state index contributed by atoms with van der Waals surface area (Å²) in [6.45, 7) is 0.502. The largest absolute Gasteiger partial charge is 0.416 e. The number of carbonyl (C=O) groups is 2. The summed E-state index contributed by atoms with van der Waals surface area (Å²) in [6.07, 6.45) is -3.52. The molecule has 2 heterocycles. The third-order valence-electron chi connectivity index (χ3n) is 5.78. The number of piperidine rings is 1. The topological polar surface area (TPSA) is 61.4 Å². The molecule has 8 heteroatoms. The van der Waals surface area contributed by atoms with Crippen molar-refractivity contribution in [3.05, 3.63) is 65.2 Å². The molecule has 1 spiro atoms. The van der Waals surface area contributed by atoms with Crippen molar-refractivity contribution < 1.29 is 22.8 Å². The number of halogens is 3. The van der Waals surface area contributed by atoms with Crippen LogP contribution in [-0.2, 0) is 22.9 Å². The van der Waals surface area contributed by atoms with Crippen molar-refractivity contribution in [1.29, 1.82) is 0 Å². The molecule has 1 fully saturated rings. The van der Waals surface area contributed by atoms with Crippen LogP contribution in [0, 0.1) is 0 Å². The summed E-state index contributed by atoms with van der Waals surface area (Å²) >= 11 is 0. The van der Waals surface area contributed by atoms with Crippen molar-refractivity contribution in [2.24, 2.45) is 0 Å². The van der Waals surface area contributed by atoms with Gasteiger partial charge in [-0.05, 0) is 36.1 Å². The monoisotopic (exact) mass is 403 g/mol. The molecule has 2 aliphatic heterocycles. The van der Waals surface area contributed by atoms with Crippen LogP contribution in [0.25, 0.3) is 0 Å². The second kappa shape index (κ2) is 7.09. The van der Waals surface area contributed by atoms with Crippen LogP contribution in [0.5, 0.6) is 0 Å². The van der Waals surface area contributed by atoms with E-state index in [0.717, 1.165) is 17.3 Å². The first-order chi connectivity index (χ1) is 13.8. The maximum Gasteiger partial charge on any atom is 0.416 e. The van der Waals surface area contributed by atoms with Crippen LogP contribution < -0.4 is 10.6 Å². The molecule has 2 aromatic rings. The zero-order valence-corrected chi connectivity index (χ0v) is 15.6. The lowest BCUT2D eigenvalue weighted by molar-refractivity contribution is -0.138. The summed E-state index contributed by atoms with van der Waals surface area (Å²) in [5.74, 6) is -0.0575. The second-order valence-electron chi connectivity index (χ2n) is 7.38. The van der Waals surface area contributed by atoms with E-state index in [4.69, 9.17) is 0 Å². The normalized spacial score (nSPS) is 17.8. The average molecular weight is 403 g/mol. The van der Waals surface area contributed by atoms with Gasteiger partial charge < -0.3 is 15.5 Å². The lowest BCUT2D eigenvalue weighted by Gasteiger charge is -2.38. The first-order valence-corrected chi connectivity index (χ1v) is 9.40. The molecule has 1 saturated heterocycles. The van der Waals surface area contributed by atoms with Gasteiger partial charge in [0.2, 0.25) is 5.91 Å². The van der Waals surface area contributed by atoms with E-state index >= 15 is 0 Å². The van der Waals surface area contributed by atoms with Crippen molar-refractivity contribution >= 4 is 17.6 Å².